The number of rotatable bonds is 6. The Bertz CT molecular complexity index is 578. The Morgan fingerprint density at radius 3 is 2.38 bits per heavy atom. The first-order valence-corrected chi connectivity index (χ1v) is 7.49. The minimum atomic E-state index is -0.173. The smallest absolute Gasteiger partial charge is 0.147 e. The normalized spacial score (nSPS) is 10.7. The van der Waals surface area contributed by atoms with E-state index in [0.717, 1.165) is 24.3 Å². The first-order valence-electron chi connectivity index (χ1n) is 7.49. The summed E-state index contributed by atoms with van der Waals surface area (Å²) in [7, 11) is 0. The average molecular weight is 286 g/mol. The Labute approximate surface area is 126 Å². The Balaban J connectivity index is 2.43. The summed E-state index contributed by atoms with van der Waals surface area (Å²) in [6.07, 6.45) is 0. The van der Waals surface area contributed by atoms with Crippen molar-refractivity contribution in [3.8, 4) is 0 Å². The topological polar surface area (TPSA) is 15.3 Å². The third kappa shape index (κ3) is 3.61. The van der Waals surface area contributed by atoms with E-state index in [-0.39, 0.29) is 5.82 Å². The molecule has 0 spiro atoms. The Morgan fingerprint density at radius 2 is 1.76 bits per heavy atom. The van der Waals surface area contributed by atoms with Gasteiger partial charge in [-0.25, -0.2) is 4.39 Å². The van der Waals surface area contributed by atoms with Gasteiger partial charge in [0.15, 0.2) is 0 Å². The maximum atomic E-state index is 14.4. The summed E-state index contributed by atoms with van der Waals surface area (Å²) in [5.74, 6) is -0.173. The molecule has 2 aromatic rings. The predicted octanol–water partition coefficient (Wildman–Crippen LogP) is 4.40. The molecule has 0 aromatic heterocycles. The molecule has 2 nitrogen and oxygen atoms in total. The Kier molecular flexibility index (Phi) is 5.34. The molecule has 0 aliphatic rings. The molecule has 0 saturated carbocycles. The number of hydrogen-bond acceptors (Lipinski definition) is 2. The van der Waals surface area contributed by atoms with Gasteiger partial charge in [0.25, 0.3) is 0 Å². The van der Waals surface area contributed by atoms with Gasteiger partial charge in [-0.1, -0.05) is 36.8 Å². The molecule has 0 bridgehead atoms. The number of nitrogens with zero attached hydrogens (tertiary/aromatic N) is 1. The molecular weight excluding hydrogens is 263 g/mol. The van der Waals surface area contributed by atoms with Crippen LogP contribution in [0.1, 0.15) is 25.0 Å². The predicted molar refractivity (Wildman–Crippen MR) is 87.6 cm³/mol. The van der Waals surface area contributed by atoms with Gasteiger partial charge in [0.2, 0.25) is 0 Å². The summed E-state index contributed by atoms with van der Waals surface area (Å²) >= 11 is 0. The molecule has 0 fully saturated rings. The third-order valence-electron chi connectivity index (χ3n) is 3.57. The van der Waals surface area contributed by atoms with Gasteiger partial charge in [0.05, 0.1) is 5.69 Å². The van der Waals surface area contributed by atoms with Crippen LogP contribution < -0.4 is 10.2 Å². The SMILES string of the molecule is CCNCc1cccc(F)c1N(CC)c1ccc(C)cc1. The second-order valence-corrected chi connectivity index (χ2v) is 5.11. The highest BCUT2D eigenvalue weighted by Gasteiger charge is 2.16. The molecule has 0 unspecified atom stereocenters. The molecule has 2 aromatic carbocycles. The molecule has 21 heavy (non-hydrogen) atoms. The zero-order valence-electron chi connectivity index (χ0n) is 13.0. The number of nitrogens with one attached hydrogen (secondary N) is 1. The van der Waals surface area contributed by atoms with E-state index in [4.69, 9.17) is 0 Å². The molecule has 0 atom stereocenters. The zero-order valence-corrected chi connectivity index (χ0v) is 13.0. The van der Waals surface area contributed by atoms with Gasteiger partial charge in [-0.2, -0.15) is 0 Å². The van der Waals surface area contributed by atoms with Crippen molar-refractivity contribution >= 4 is 11.4 Å². The lowest BCUT2D eigenvalue weighted by atomic mass is 10.1. The van der Waals surface area contributed by atoms with E-state index in [1.165, 1.54) is 11.6 Å². The summed E-state index contributed by atoms with van der Waals surface area (Å²) in [5.41, 5.74) is 3.88. The van der Waals surface area contributed by atoms with Crippen molar-refractivity contribution in [3.05, 3.63) is 59.4 Å². The first-order chi connectivity index (χ1) is 10.2. The fourth-order valence-electron chi connectivity index (χ4n) is 2.46. The standard InChI is InChI=1S/C18H23FN2/c1-4-20-13-15-7-6-8-17(19)18(15)21(5-2)16-11-9-14(3)10-12-16/h6-12,20H,4-5,13H2,1-3H3. The highest BCUT2D eigenvalue weighted by Crippen LogP contribution is 2.31. The van der Waals surface area contributed by atoms with Crippen molar-refractivity contribution < 1.29 is 4.39 Å². The molecule has 3 heteroatoms. The number of halogens is 1. The van der Waals surface area contributed by atoms with Crippen molar-refractivity contribution in [3.63, 3.8) is 0 Å². The third-order valence-corrected chi connectivity index (χ3v) is 3.57. The van der Waals surface area contributed by atoms with Crippen LogP contribution in [0.25, 0.3) is 0 Å². The van der Waals surface area contributed by atoms with Crippen molar-refractivity contribution in [1.82, 2.24) is 5.32 Å². The fraction of sp³-hybridized carbons (Fsp3) is 0.333. The van der Waals surface area contributed by atoms with Crippen LogP contribution in [-0.4, -0.2) is 13.1 Å². The van der Waals surface area contributed by atoms with Crippen molar-refractivity contribution in [1.29, 1.82) is 0 Å². The highest BCUT2D eigenvalue weighted by molar-refractivity contribution is 5.67. The first kappa shape index (κ1) is 15.5. The lowest BCUT2D eigenvalue weighted by Gasteiger charge is -2.26. The van der Waals surface area contributed by atoms with Crippen LogP contribution in [0.5, 0.6) is 0 Å². The summed E-state index contributed by atoms with van der Waals surface area (Å²) in [6.45, 7) is 8.42. The van der Waals surface area contributed by atoms with E-state index >= 15 is 0 Å². The van der Waals surface area contributed by atoms with E-state index in [1.54, 1.807) is 6.07 Å². The molecule has 112 valence electrons. The minimum Gasteiger partial charge on any atom is -0.339 e. The molecular formula is C18H23FN2. The summed E-state index contributed by atoms with van der Waals surface area (Å²) in [5, 5.41) is 3.28. The maximum absolute atomic E-state index is 14.4. The second-order valence-electron chi connectivity index (χ2n) is 5.11. The highest BCUT2D eigenvalue weighted by atomic mass is 19.1. The molecule has 0 aliphatic heterocycles. The van der Waals surface area contributed by atoms with Gasteiger partial charge in [-0.15, -0.1) is 0 Å². The van der Waals surface area contributed by atoms with Crippen LogP contribution in [0.2, 0.25) is 0 Å². The molecule has 0 radical (unpaired) electrons. The number of aryl methyl sites for hydroxylation is 1. The van der Waals surface area contributed by atoms with Crippen LogP contribution in [-0.2, 0) is 6.54 Å². The van der Waals surface area contributed by atoms with Crippen molar-refractivity contribution in [2.45, 2.75) is 27.3 Å². The Morgan fingerprint density at radius 1 is 1.05 bits per heavy atom. The monoisotopic (exact) mass is 286 g/mol. The van der Waals surface area contributed by atoms with Crippen molar-refractivity contribution in [2.75, 3.05) is 18.0 Å². The van der Waals surface area contributed by atoms with E-state index in [1.807, 2.05) is 30.0 Å². The van der Waals surface area contributed by atoms with Gasteiger partial charge >= 0.3 is 0 Å². The lowest BCUT2D eigenvalue weighted by Crippen LogP contribution is -2.21. The van der Waals surface area contributed by atoms with Gasteiger partial charge in [-0.3, -0.25) is 0 Å². The van der Waals surface area contributed by atoms with Crippen LogP contribution in [0.15, 0.2) is 42.5 Å². The minimum absolute atomic E-state index is 0.173. The van der Waals surface area contributed by atoms with Crippen molar-refractivity contribution in [2.24, 2.45) is 0 Å². The number of para-hydroxylation sites is 1. The van der Waals surface area contributed by atoms with Gasteiger partial charge < -0.3 is 10.2 Å². The number of hydrogen-bond donors (Lipinski definition) is 1. The summed E-state index contributed by atoms with van der Waals surface area (Å²) in [4.78, 5) is 2.03. The zero-order chi connectivity index (χ0) is 15.2. The lowest BCUT2D eigenvalue weighted by molar-refractivity contribution is 0.619. The number of benzene rings is 2. The fourth-order valence-corrected chi connectivity index (χ4v) is 2.46. The van der Waals surface area contributed by atoms with E-state index in [9.17, 15) is 4.39 Å². The number of anilines is 2. The van der Waals surface area contributed by atoms with E-state index < -0.39 is 0 Å². The largest absolute Gasteiger partial charge is 0.339 e. The van der Waals surface area contributed by atoms with Gasteiger partial charge in [-0.05, 0) is 44.2 Å². The van der Waals surface area contributed by atoms with E-state index in [0.29, 0.717) is 12.2 Å². The van der Waals surface area contributed by atoms with Gasteiger partial charge in [0.1, 0.15) is 5.82 Å². The van der Waals surface area contributed by atoms with Crippen LogP contribution in [0.4, 0.5) is 15.8 Å². The second kappa shape index (κ2) is 7.23. The average Bonchev–Trinajstić information content (AvgIpc) is 2.49. The quantitative estimate of drug-likeness (QED) is 0.846. The van der Waals surface area contributed by atoms with Crippen LogP contribution in [0, 0.1) is 12.7 Å². The molecule has 2 rings (SSSR count). The van der Waals surface area contributed by atoms with Gasteiger partial charge in [0, 0.05) is 18.8 Å². The molecule has 1 N–H and O–H groups in total. The molecule has 0 saturated heterocycles. The Hall–Kier alpha value is -1.87. The van der Waals surface area contributed by atoms with Crippen LogP contribution in [0.3, 0.4) is 0 Å². The summed E-state index contributed by atoms with van der Waals surface area (Å²) in [6, 6.07) is 13.5. The van der Waals surface area contributed by atoms with E-state index in [2.05, 4.69) is 31.3 Å². The molecule has 0 amide bonds. The van der Waals surface area contributed by atoms with Crippen LogP contribution >= 0.6 is 0 Å². The molecule has 0 aliphatic carbocycles. The maximum Gasteiger partial charge on any atom is 0.147 e. The molecule has 0 heterocycles. The summed E-state index contributed by atoms with van der Waals surface area (Å²) < 4.78 is 14.4.